The number of carbonyl (C=O) groups is 1. The molecule has 0 aliphatic heterocycles. The summed E-state index contributed by atoms with van der Waals surface area (Å²) < 4.78 is 4.85. The number of aliphatic hydroxyl groups is 1. The molecule has 3 heteroatoms. The molecule has 1 atom stereocenters. The average molecular weight is 262 g/mol. The molecule has 0 fully saturated rings. The van der Waals surface area contributed by atoms with E-state index >= 15 is 0 Å². The van der Waals surface area contributed by atoms with E-state index in [0.29, 0.717) is 13.0 Å². The van der Waals surface area contributed by atoms with E-state index in [2.05, 4.69) is 0 Å². The average Bonchev–Trinajstić information content (AvgIpc) is 2.43. The van der Waals surface area contributed by atoms with Crippen molar-refractivity contribution in [3.63, 3.8) is 0 Å². The second kappa shape index (κ2) is 7.74. The first-order valence-electron chi connectivity index (χ1n) is 6.67. The van der Waals surface area contributed by atoms with E-state index in [1.165, 1.54) is 6.92 Å². The molecule has 3 nitrogen and oxygen atoms in total. The molecule has 1 rings (SSSR count). The van der Waals surface area contributed by atoms with Crippen LogP contribution in [0.1, 0.15) is 38.7 Å². The first kappa shape index (κ1) is 15.4. The third-order valence-corrected chi connectivity index (χ3v) is 3.03. The molecule has 0 radical (unpaired) electrons. The zero-order valence-electron chi connectivity index (χ0n) is 11.6. The number of unbranched alkanes of at least 4 members (excludes halogenated alkanes) is 1. The minimum atomic E-state index is -0.914. The molecule has 1 aromatic carbocycles. The smallest absolute Gasteiger partial charge is 0.302 e. The van der Waals surface area contributed by atoms with Crippen LogP contribution in [-0.2, 0) is 15.1 Å². The van der Waals surface area contributed by atoms with Crippen LogP contribution in [0.2, 0.25) is 0 Å². The molecule has 0 saturated carbocycles. The normalized spacial score (nSPS) is 14.3. The standard InChI is InChI=1S/C16H22O3/c1-3-16(18,15-10-6-4-7-11-15)12-8-5-9-13-19-14(2)17/h4,6-8,10-12,18H,3,5,9,13H2,1-2H3/b12-8-. The van der Waals surface area contributed by atoms with Crippen molar-refractivity contribution in [1.29, 1.82) is 0 Å². The number of esters is 1. The fraction of sp³-hybridized carbons (Fsp3) is 0.438. The van der Waals surface area contributed by atoms with Crippen molar-refractivity contribution in [3.05, 3.63) is 48.0 Å². The Bertz CT molecular complexity index is 411. The molecule has 0 spiro atoms. The highest BCUT2D eigenvalue weighted by Crippen LogP contribution is 2.26. The number of carbonyl (C=O) groups excluding carboxylic acids is 1. The summed E-state index contributed by atoms with van der Waals surface area (Å²) in [4.78, 5) is 10.6. The van der Waals surface area contributed by atoms with Gasteiger partial charge in [-0.3, -0.25) is 4.79 Å². The Hall–Kier alpha value is -1.61. The van der Waals surface area contributed by atoms with E-state index in [9.17, 15) is 9.90 Å². The molecule has 0 aromatic heterocycles. The highest BCUT2D eigenvalue weighted by molar-refractivity contribution is 5.65. The lowest BCUT2D eigenvalue weighted by atomic mass is 9.90. The number of ether oxygens (including phenoxy) is 1. The van der Waals surface area contributed by atoms with Gasteiger partial charge in [-0.25, -0.2) is 0 Å². The van der Waals surface area contributed by atoms with Crippen LogP contribution < -0.4 is 0 Å². The molecule has 1 unspecified atom stereocenters. The summed E-state index contributed by atoms with van der Waals surface area (Å²) in [5.74, 6) is -0.252. The summed E-state index contributed by atoms with van der Waals surface area (Å²) >= 11 is 0. The molecule has 0 heterocycles. The molecule has 104 valence electrons. The van der Waals surface area contributed by atoms with Gasteiger partial charge in [0, 0.05) is 6.92 Å². The highest BCUT2D eigenvalue weighted by atomic mass is 16.5. The fourth-order valence-electron chi connectivity index (χ4n) is 1.84. The van der Waals surface area contributed by atoms with Crippen LogP contribution in [0.25, 0.3) is 0 Å². The van der Waals surface area contributed by atoms with Gasteiger partial charge >= 0.3 is 5.97 Å². The van der Waals surface area contributed by atoms with Crippen LogP contribution in [0.5, 0.6) is 0 Å². The van der Waals surface area contributed by atoms with E-state index < -0.39 is 5.60 Å². The van der Waals surface area contributed by atoms with Crippen molar-refractivity contribution in [2.45, 2.75) is 38.7 Å². The van der Waals surface area contributed by atoms with Crippen molar-refractivity contribution >= 4 is 5.97 Å². The lowest BCUT2D eigenvalue weighted by Crippen LogP contribution is -2.21. The van der Waals surface area contributed by atoms with E-state index in [1.54, 1.807) is 0 Å². The van der Waals surface area contributed by atoms with Gasteiger partial charge in [0.25, 0.3) is 0 Å². The SMILES string of the molecule is CCC(O)(/C=C\CCCOC(C)=O)c1ccccc1. The maximum atomic E-state index is 10.6. The Morgan fingerprint density at radius 2 is 2.05 bits per heavy atom. The number of allylic oxidation sites excluding steroid dienone is 1. The van der Waals surface area contributed by atoms with Gasteiger partial charge in [0.15, 0.2) is 0 Å². The van der Waals surface area contributed by atoms with Gasteiger partial charge in [-0.05, 0) is 24.8 Å². The Kier molecular flexibility index (Phi) is 6.30. The largest absolute Gasteiger partial charge is 0.466 e. The van der Waals surface area contributed by atoms with Crippen molar-refractivity contribution in [3.8, 4) is 0 Å². The molecule has 0 amide bonds. The summed E-state index contributed by atoms with van der Waals surface area (Å²) in [6.45, 7) is 3.78. The van der Waals surface area contributed by atoms with Gasteiger partial charge < -0.3 is 9.84 Å². The third kappa shape index (κ3) is 5.26. The van der Waals surface area contributed by atoms with Crippen molar-refractivity contribution < 1.29 is 14.6 Å². The molecule has 1 N–H and O–H groups in total. The lowest BCUT2D eigenvalue weighted by Gasteiger charge is -2.23. The van der Waals surface area contributed by atoms with E-state index in [4.69, 9.17) is 4.74 Å². The predicted octanol–water partition coefficient (Wildman–Crippen LogP) is 3.18. The Morgan fingerprint density at radius 1 is 1.37 bits per heavy atom. The molecular formula is C16H22O3. The Balaban J connectivity index is 2.50. The zero-order valence-corrected chi connectivity index (χ0v) is 11.6. The highest BCUT2D eigenvalue weighted by Gasteiger charge is 2.22. The van der Waals surface area contributed by atoms with Crippen LogP contribution in [0.15, 0.2) is 42.5 Å². The maximum Gasteiger partial charge on any atom is 0.302 e. The minimum absolute atomic E-state index is 0.252. The van der Waals surface area contributed by atoms with Gasteiger partial charge in [-0.2, -0.15) is 0 Å². The quantitative estimate of drug-likeness (QED) is 0.466. The topological polar surface area (TPSA) is 46.5 Å². The monoisotopic (exact) mass is 262 g/mol. The van der Waals surface area contributed by atoms with Crippen molar-refractivity contribution in [2.24, 2.45) is 0 Å². The first-order chi connectivity index (χ1) is 9.08. The molecule has 19 heavy (non-hydrogen) atoms. The first-order valence-corrected chi connectivity index (χ1v) is 6.67. The zero-order chi connectivity index (χ0) is 14.1. The molecule has 0 saturated heterocycles. The van der Waals surface area contributed by atoms with E-state index in [-0.39, 0.29) is 5.97 Å². The second-order valence-electron chi connectivity index (χ2n) is 4.53. The van der Waals surface area contributed by atoms with Gasteiger partial charge in [-0.15, -0.1) is 0 Å². The van der Waals surface area contributed by atoms with Gasteiger partial charge in [0.1, 0.15) is 5.60 Å². The van der Waals surface area contributed by atoms with Gasteiger partial charge in [0.05, 0.1) is 6.61 Å². The van der Waals surface area contributed by atoms with Crippen LogP contribution >= 0.6 is 0 Å². The Labute approximate surface area is 114 Å². The van der Waals surface area contributed by atoms with Gasteiger partial charge in [0.2, 0.25) is 0 Å². The summed E-state index contributed by atoms with van der Waals surface area (Å²) in [7, 11) is 0. The molecule has 1 aromatic rings. The fourth-order valence-corrected chi connectivity index (χ4v) is 1.84. The van der Waals surface area contributed by atoms with Crippen LogP contribution in [-0.4, -0.2) is 17.7 Å². The van der Waals surface area contributed by atoms with Crippen LogP contribution in [0.4, 0.5) is 0 Å². The number of hydrogen-bond donors (Lipinski definition) is 1. The number of hydrogen-bond acceptors (Lipinski definition) is 3. The van der Waals surface area contributed by atoms with Crippen molar-refractivity contribution in [1.82, 2.24) is 0 Å². The second-order valence-corrected chi connectivity index (χ2v) is 4.53. The van der Waals surface area contributed by atoms with E-state index in [0.717, 1.165) is 18.4 Å². The van der Waals surface area contributed by atoms with Crippen molar-refractivity contribution in [2.75, 3.05) is 6.61 Å². The summed E-state index contributed by atoms with van der Waals surface area (Å²) in [5.41, 5.74) is -0.0170. The third-order valence-electron chi connectivity index (χ3n) is 3.03. The summed E-state index contributed by atoms with van der Waals surface area (Å²) in [6.07, 6.45) is 5.95. The number of rotatable bonds is 7. The van der Waals surface area contributed by atoms with Gasteiger partial charge in [-0.1, -0.05) is 49.4 Å². The van der Waals surface area contributed by atoms with E-state index in [1.807, 2.05) is 49.4 Å². The number of benzene rings is 1. The summed E-state index contributed by atoms with van der Waals surface area (Å²) in [5, 5.41) is 10.6. The predicted molar refractivity (Wildman–Crippen MR) is 75.6 cm³/mol. The molecule has 0 aliphatic rings. The minimum Gasteiger partial charge on any atom is -0.466 e. The summed E-state index contributed by atoms with van der Waals surface area (Å²) in [6, 6.07) is 9.62. The van der Waals surface area contributed by atoms with Crippen LogP contribution in [0, 0.1) is 0 Å². The lowest BCUT2D eigenvalue weighted by molar-refractivity contribution is -0.141. The maximum absolute atomic E-state index is 10.6. The molecule has 0 bridgehead atoms. The van der Waals surface area contributed by atoms with Crippen LogP contribution in [0.3, 0.4) is 0 Å². The Morgan fingerprint density at radius 3 is 2.63 bits per heavy atom. The molecule has 0 aliphatic carbocycles. The molecular weight excluding hydrogens is 240 g/mol.